The number of likely N-dealkylation sites (N-methyl/N-ethyl adjacent to an activating group) is 1. The Morgan fingerprint density at radius 1 is 0.356 bits per heavy atom. The van der Waals surface area contributed by atoms with Gasteiger partial charge < -0.3 is 33.3 Å². The third-order valence-corrected chi connectivity index (χ3v) is 14.9. The molecule has 0 aliphatic heterocycles. The number of carbonyl (C=O) groups excluding carboxylic acids is 3. The molecule has 0 radical (unpaired) electrons. The van der Waals surface area contributed by atoms with Crippen LogP contribution in [0.25, 0.3) is 0 Å². The van der Waals surface area contributed by atoms with Crippen LogP contribution in [0.1, 0.15) is 284 Å². The van der Waals surface area contributed by atoms with Crippen molar-refractivity contribution in [2.75, 3.05) is 47.5 Å². The minimum Gasteiger partial charge on any atom is -0.545 e. The van der Waals surface area contributed by atoms with Gasteiger partial charge in [0.1, 0.15) is 13.2 Å². The summed E-state index contributed by atoms with van der Waals surface area (Å²) in [6, 6.07) is 0. The zero-order chi connectivity index (χ0) is 63.3. The van der Waals surface area contributed by atoms with E-state index in [0.29, 0.717) is 17.4 Å². The van der Waals surface area contributed by atoms with Crippen molar-refractivity contribution in [3.63, 3.8) is 0 Å². The van der Waals surface area contributed by atoms with Gasteiger partial charge >= 0.3 is 11.9 Å². The van der Waals surface area contributed by atoms with E-state index in [1.807, 2.05) is 21.1 Å². The molecule has 0 saturated heterocycles. The number of aliphatic carboxylic acids is 1. The smallest absolute Gasteiger partial charge is 0.306 e. The molecule has 0 N–H and O–H groups in total. The predicted octanol–water partition coefficient (Wildman–Crippen LogP) is 20.8. The summed E-state index contributed by atoms with van der Waals surface area (Å²) in [5.41, 5.74) is 0. The van der Waals surface area contributed by atoms with Crippen molar-refractivity contribution >= 4 is 17.9 Å². The molecule has 496 valence electrons. The maximum atomic E-state index is 12.9. The number of hydrogen-bond acceptors (Lipinski definition) is 8. The number of ether oxygens (including phenoxy) is 4. The van der Waals surface area contributed by atoms with Crippen molar-refractivity contribution in [1.29, 1.82) is 0 Å². The SMILES string of the molecule is CC/C=C\C/C=C\C/C=C\C/C=C\C/C=C\C/C=C\C/C=C\C/C=C\C/C=C\C/C=C\C/C=C\CCCCCC(=O)OC(COC(=O)CCCCCCCCCCCCCCCCCCCCCCCCCCC)COC(OCC[N+](C)(C)C)C(=O)[O-]. The van der Waals surface area contributed by atoms with Crippen LogP contribution in [0.15, 0.2) is 134 Å². The van der Waals surface area contributed by atoms with E-state index in [0.717, 1.165) is 109 Å². The number of esters is 2. The minimum atomic E-state index is -1.64. The third kappa shape index (κ3) is 68.8. The molecule has 87 heavy (non-hydrogen) atoms. The van der Waals surface area contributed by atoms with Crippen molar-refractivity contribution in [2.45, 2.75) is 296 Å². The molecule has 0 aliphatic carbocycles. The number of quaternary nitrogens is 1. The first-order chi connectivity index (χ1) is 42.6. The number of carboxylic acid groups (broad SMARTS) is 1. The molecule has 0 heterocycles. The second-order valence-electron chi connectivity index (χ2n) is 24.4. The molecule has 0 rings (SSSR count). The van der Waals surface area contributed by atoms with Crippen molar-refractivity contribution < 1.29 is 42.9 Å². The largest absolute Gasteiger partial charge is 0.545 e. The Morgan fingerprint density at radius 3 is 0.977 bits per heavy atom. The number of rotatable bonds is 64. The molecular formula is C78H131NO8. The fraction of sp³-hybridized carbons (Fsp3) is 0.679. The van der Waals surface area contributed by atoms with E-state index in [2.05, 4.69) is 148 Å². The number of nitrogens with zero attached hydrogens (tertiary/aromatic N) is 1. The van der Waals surface area contributed by atoms with Crippen LogP contribution in [0, 0.1) is 0 Å². The Balaban J connectivity index is 4.24. The van der Waals surface area contributed by atoms with Crippen molar-refractivity contribution in [3.05, 3.63) is 134 Å². The van der Waals surface area contributed by atoms with Gasteiger partial charge in [0, 0.05) is 12.8 Å². The predicted molar refractivity (Wildman–Crippen MR) is 370 cm³/mol. The van der Waals surface area contributed by atoms with Gasteiger partial charge in [0.15, 0.2) is 12.4 Å². The Labute approximate surface area is 535 Å². The first kappa shape index (κ1) is 82.4. The normalized spacial score (nSPS) is 13.5. The summed E-state index contributed by atoms with van der Waals surface area (Å²) in [6.45, 7) is 4.61. The summed E-state index contributed by atoms with van der Waals surface area (Å²) >= 11 is 0. The number of allylic oxidation sites excluding steroid dienone is 22. The molecule has 0 aromatic carbocycles. The number of carbonyl (C=O) groups is 3. The molecule has 0 bridgehead atoms. The van der Waals surface area contributed by atoms with Gasteiger partial charge in [-0.25, -0.2) is 0 Å². The molecule has 0 aromatic rings. The highest BCUT2D eigenvalue weighted by Gasteiger charge is 2.22. The molecule has 2 atom stereocenters. The standard InChI is InChI=1S/C78H131NO8/c1-6-8-10-12-14-16-18-20-22-24-26-28-30-32-33-34-35-36-37-38-39-40-41-42-43-45-47-49-51-53-55-57-59-61-63-65-67-69-76(81)87-74(73-86-78(77(82)83)84-71-70-79(3,4)5)72-85-75(80)68-66-64-62-60-58-56-54-52-50-48-46-44-31-29-27-25-23-21-19-17-15-13-11-9-7-2/h8,10,14,16,20,22,26,28,32-33,35-36,38-39,41-42,45,47,51,53,57,59,74,78H,6-7,9,11-13,15,17-19,21,23-25,27,29-31,34,37,40,43-44,46,48-50,52,54-56,58,60-73H2,1-5H3/b10-8-,16-14-,22-20-,28-26-,33-32-,36-35-,39-38-,42-41-,47-45-,53-51-,59-57-. The lowest BCUT2D eigenvalue weighted by atomic mass is 10.0. The molecule has 2 unspecified atom stereocenters. The summed E-state index contributed by atoms with van der Waals surface area (Å²) in [4.78, 5) is 37.5. The van der Waals surface area contributed by atoms with Gasteiger partial charge in [0.2, 0.25) is 0 Å². The van der Waals surface area contributed by atoms with Crippen LogP contribution in [0.3, 0.4) is 0 Å². The molecule has 0 aromatic heterocycles. The second kappa shape index (κ2) is 67.4. The highest BCUT2D eigenvalue weighted by molar-refractivity contribution is 5.70. The highest BCUT2D eigenvalue weighted by atomic mass is 16.7. The third-order valence-electron chi connectivity index (χ3n) is 14.9. The van der Waals surface area contributed by atoms with Gasteiger partial charge in [-0.2, -0.15) is 0 Å². The Morgan fingerprint density at radius 2 is 0.655 bits per heavy atom. The quantitative estimate of drug-likeness (QED) is 0.0195. The topological polar surface area (TPSA) is 111 Å². The number of unbranched alkanes of at least 4 members (excludes halogenated alkanes) is 27. The minimum absolute atomic E-state index is 0.135. The molecule has 0 spiro atoms. The van der Waals surface area contributed by atoms with E-state index < -0.39 is 24.3 Å². The van der Waals surface area contributed by atoms with Gasteiger partial charge in [-0.1, -0.05) is 308 Å². The average Bonchev–Trinajstić information content (AvgIpc) is 3.57. The lowest BCUT2D eigenvalue weighted by Crippen LogP contribution is -2.44. The average molecular weight is 1210 g/mol. The van der Waals surface area contributed by atoms with E-state index in [1.165, 1.54) is 141 Å². The monoisotopic (exact) mass is 1210 g/mol. The first-order valence-corrected chi connectivity index (χ1v) is 35.3. The van der Waals surface area contributed by atoms with Crippen LogP contribution >= 0.6 is 0 Å². The molecule has 0 amide bonds. The van der Waals surface area contributed by atoms with Crippen LogP contribution in [-0.4, -0.2) is 82.3 Å². The van der Waals surface area contributed by atoms with Crippen molar-refractivity contribution in [1.82, 2.24) is 0 Å². The van der Waals surface area contributed by atoms with Gasteiger partial charge in [-0.15, -0.1) is 0 Å². The van der Waals surface area contributed by atoms with Crippen LogP contribution in [0.2, 0.25) is 0 Å². The Bertz CT molecular complexity index is 1890. The van der Waals surface area contributed by atoms with E-state index in [-0.39, 0.29) is 38.6 Å². The summed E-state index contributed by atoms with van der Waals surface area (Å²) in [5.74, 6) is -2.33. The maximum absolute atomic E-state index is 12.9. The van der Waals surface area contributed by atoms with E-state index in [4.69, 9.17) is 18.9 Å². The summed E-state index contributed by atoms with van der Waals surface area (Å²) in [6.07, 6.45) is 93.9. The molecule has 9 nitrogen and oxygen atoms in total. The van der Waals surface area contributed by atoms with Crippen LogP contribution in [0.4, 0.5) is 0 Å². The number of carboxylic acids is 1. The molecule has 0 fully saturated rings. The lowest BCUT2D eigenvalue weighted by molar-refractivity contribution is -0.870. The van der Waals surface area contributed by atoms with Gasteiger partial charge in [-0.05, 0) is 96.3 Å². The second-order valence-corrected chi connectivity index (χ2v) is 24.4. The molecule has 0 saturated carbocycles. The summed E-state index contributed by atoms with van der Waals surface area (Å²) in [5, 5.41) is 11.8. The lowest BCUT2D eigenvalue weighted by Gasteiger charge is -2.26. The van der Waals surface area contributed by atoms with E-state index in [9.17, 15) is 19.5 Å². The van der Waals surface area contributed by atoms with Gasteiger partial charge in [-0.3, -0.25) is 9.59 Å². The molecule has 0 aliphatic rings. The van der Waals surface area contributed by atoms with Crippen LogP contribution in [-0.2, 0) is 33.3 Å². The Kier molecular flexibility index (Phi) is 63.8. The van der Waals surface area contributed by atoms with Gasteiger partial charge in [0.25, 0.3) is 0 Å². The van der Waals surface area contributed by atoms with E-state index in [1.54, 1.807) is 0 Å². The zero-order valence-electron chi connectivity index (χ0n) is 56.6. The van der Waals surface area contributed by atoms with Gasteiger partial charge in [0.05, 0.1) is 40.3 Å². The summed E-state index contributed by atoms with van der Waals surface area (Å²) < 4.78 is 22.7. The van der Waals surface area contributed by atoms with Crippen molar-refractivity contribution in [3.8, 4) is 0 Å². The zero-order valence-corrected chi connectivity index (χ0v) is 56.6. The summed E-state index contributed by atoms with van der Waals surface area (Å²) in [7, 11) is 5.91. The fourth-order valence-electron chi connectivity index (χ4n) is 9.54. The molecular weight excluding hydrogens is 1080 g/mol. The number of hydrogen-bond donors (Lipinski definition) is 0. The fourth-order valence-corrected chi connectivity index (χ4v) is 9.54. The Hall–Kier alpha value is -4.57. The van der Waals surface area contributed by atoms with E-state index >= 15 is 0 Å². The highest BCUT2D eigenvalue weighted by Crippen LogP contribution is 2.17. The van der Waals surface area contributed by atoms with Crippen molar-refractivity contribution in [2.24, 2.45) is 0 Å². The molecule has 9 heteroatoms. The first-order valence-electron chi connectivity index (χ1n) is 35.3. The van der Waals surface area contributed by atoms with Crippen LogP contribution < -0.4 is 5.11 Å². The maximum Gasteiger partial charge on any atom is 0.306 e. The van der Waals surface area contributed by atoms with Crippen LogP contribution in [0.5, 0.6) is 0 Å².